The SMILES string of the molecule is CCC(=O)N(c1ccc(S(=O)(=O)Nc2ccon2)cn1)c1cc(-c2cccc(F)c2)ccc1OC. The predicted octanol–water partition coefficient (Wildman–Crippen LogP) is 4.76. The van der Waals surface area contributed by atoms with Gasteiger partial charge < -0.3 is 9.26 Å². The lowest BCUT2D eigenvalue weighted by atomic mass is 10.0. The minimum Gasteiger partial charge on any atom is -0.495 e. The monoisotopic (exact) mass is 496 g/mol. The molecule has 0 saturated carbocycles. The van der Waals surface area contributed by atoms with Gasteiger partial charge in [0.25, 0.3) is 10.0 Å². The van der Waals surface area contributed by atoms with Crippen molar-refractivity contribution in [1.29, 1.82) is 0 Å². The maximum absolute atomic E-state index is 13.8. The summed E-state index contributed by atoms with van der Waals surface area (Å²) >= 11 is 0. The van der Waals surface area contributed by atoms with Crippen LogP contribution in [0.25, 0.3) is 11.1 Å². The van der Waals surface area contributed by atoms with Crippen LogP contribution in [0, 0.1) is 5.82 Å². The number of ether oxygens (including phenoxy) is 1. The Hall–Kier alpha value is -4.25. The fourth-order valence-electron chi connectivity index (χ4n) is 3.38. The summed E-state index contributed by atoms with van der Waals surface area (Å²) < 4.78 is 51.4. The Bertz CT molecular complexity index is 1440. The molecular weight excluding hydrogens is 475 g/mol. The Morgan fingerprint density at radius 2 is 1.91 bits per heavy atom. The molecule has 4 rings (SSSR count). The first kappa shape index (κ1) is 23.9. The third kappa shape index (κ3) is 5.14. The second kappa shape index (κ2) is 9.94. The van der Waals surface area contributed by atoms with E-state index in [1.807, 2.05) is 0 Å². The molecule has 0 saturated heterocycles. The van der Waals surface area contributed by atoms with Crippen LogP contribution in [0.5, 0.6) is 5.75 Å². The second-order valence-corrected chi connectivity index (χ2v) is 9.00. The largest absolute Gasteiger partial charge is 0.495 e. The number of benzene rings is 2. The van der Waals surface area contributed by atoms with Crippen LogP contribution in [0.1, 0.15) is 13.3 Å². The summed E-state index contributed by atoms with van der Waals surface area (Å²) in [7, 11) is -2.51. The molecule has 180 valence electrons. The number of pyridine rings is 1. The number of nitrogens with zero attached hydrogens (tertiary/aromatic N) is 3. The molecule has 1 N–H and O–H groups in total. The number of methoxy groups -OCH3 is 1. The van der Waals surface area contributed by atoms with Gasteiger partial charge in [0.1, 0.15) is 28.5 Å². The highest BCUT2D eigenvalue weighted by Gasteiger charge is 2.24. The highest BCUT2D eigenvalue weighted by molar-refractivity contribution is 7.92. The molecule has 4 aromatic rings. The number of hydrogen-bond acceptors (Lipinski definition) is 7. The standard InChI is InChI=1S/C24H21FN4O5S/c1-3-24(30)29(20-14-17(7-9-21(20)33-2)16-5-4-6-18(25)13-16)23-10-8-19(15-26-23)35(31,32)28-22-11-12-34-27-22/h4-15H,3H2,1-2H3,(H,27,28). The van der Waals surface area contributed by atoms with Crippen molar-refractivity contribution in [3.8, 4) is 16.9 Å². The molecule has 0 radical (unpaired) electrons. The minimum absolute atomic E-state index is 0.0239. The Morgan fingerprint density at radius 1 is 1.11 bits per heavy atom. The molecule has 0 atom stereocenters. The van der Waals surface area contributed by atoms with Crippen molar-refractivity contribution < 1.29 is 26.9 Å². The summed E-state index contributed by atoms with van der Waals surface area (Å²) in [5, 5.41) is 3.53. The van der Waals surface area contributed by atoms with Crippen LogP contribution >= 0.6 is 0 Å². The molecule has 2 aromatic heterocycles. The van der Waals surface area contributed by atoms with Crippen LogP contribution in [-0.2, 0) is 14.8 Å². The van der Waals surface area contributed by atoms with Gasteiger partial charge >= 0.3 is 0 Å². The van der Waals surface area contributed by atoms with Gasteiger partial charge in [0.2, 0.25) is 5.91 Å². The van der Waals surface area contributed by atoms with Crippen molar-refractivity contribution in [2.75, 3.05) is 16.7 Å². The maximum atomic E-state index is 13.8. The van der Waals surface area contributed by atoms with Crippen LogP contribution in [0.3, 0.4) is 0 Å². The first-order valence-electron chi connectivity index (χ1n) is 10.5. The van der Waals surface area contributed by atoms with Crippen molar-refractivity contribution in [3.05, 3.63) is 78.9 Å². The normalized spacial score (nSPS) is 11.2. The number of sulfonamides is 1. The van der Waals surface area contributed by atoms with Gasteiger partial charge in [-0.2, -0.15) is 0 Å². The molecule has 0 aliphatic rings. The van der Waals surface area contributed by atoms with Gasteiger partial charge in [0, 0.05) is 18.7 Å². The zero-order chi connectivity index (χ0) is 25.0. The van der Waals surface area contributed by atoms with Crippen molar-refractivity contribution in [3.63, 3.8) is 0 Å². The number of rotatable bonds is 8. The number of carbonyl (C=O) groups is 1. The fraction of sp³-hybridized carbons (Fsp3) is 0.125. The van der Waals surface area contributed by atoms with E-state index in [1.165, 1.54) is 48.6 Å². The number of halogens is 1. The molecule has 0 aliphatic carbocycles. The Kier molecular flexibility index (Phi) is 6.78. The predicted molar refractivity (Wildman–Crippen MR) is 127 cm³/mol. The van der Waals surface area contributed by atoms with E-state index in [0.29, 0.717) is 22.6 Å². The molecular formula is C24H21FN4O5S. The Balaban J connectivity index is 1.75. The number of carbonyl (C=O) groups excluding carboxylic acids is 1. The van der Waals surface area contributed by atoms with E-state index in [4.69, 9.17) is 4.74 Å². The van der Waals surface area contributed by atoms with E-state index in [-0.39, 0.29) is 34.7 Å². The average Bonchev–Trinajstić information content (AvgIpc) is 3.36. The lowest BCUT2D eigenvalue weighted by Gasteiger charge is -2.24. The highest BCUT2D eigenvalue weighted by atomic mass is 32.2. The van der Waals surface area contributed by atoms with Gasteiger partial charge in [0.05, 0.1) is 12.8 Å². The van der Waals surface area contributed by atoms with Crippen LogP contribution in [0.15, 0.2) is 82.5 Å². The number of nitrogens with one attached hydrogen (secondary N) is 1. The molecule has 0 bridgehead atoms. The van der Waals surface area contributed by atoms with Gasteiger partial charge in [-0.15, -0.1) is 0 Å². The van der Waals surface area contributed by atoms with E-state index >= 15 is 0 Å². The molecule has 0 fully saturated rings. The summed E-state index contributed by atoms with van der Waals surface area (Å²) in [5.41, 5.74) is 1.65. The molecule has 11 heteroatoms. The van der Waals surface area contributed by atoms with Crippen LogP contribution in [0.4, 0.5) is 21.7 Å². The molecule has 0 unspecified atom stereocenters. The molecule has 35 heavy (non-hydrogen) atoms. The van der Waals surface area contributed by atoms with Gasteiger partial charge in [-0.25, -0.2) is 17.8 Å². The fourth-order valence-corrected chi connectivity index (χ4v) is 4.32. The van der Waals surface area contributed by atoms with Crippen LogP contribution in [0.2, 0.25) is 0 Å². The Morgan fingerprint density at radius 3 is 2.54 bits per heavy atom. The summed E-state index contributed by atoms with van der Waals surface area (Å²) in [6.45, 7) is 1.69. The maximum Gasteiger partial charge on any atom is 0.264 e. The van der Waals surface area contributed by atoms with E-state index in [0.717, 1.165) is 6.20 Å². The first-order valence-corrected chi connectivity index (χ1v) is 12.0. The molecule has 2 aromatic carbocycles. The van der Waals surface area contributed by atoms with E-state index < -0.39 is 10.0 Å². The lowest BCUT2D eigenvalue weighted by Crippen LogP contribution is -2.26. The van der Waals surface area contributed by atoms with E-state index in [1.54, 1.807) is 37.3 Å². The summed E-state index contributed by atoms with van der Waals surface area (Å²) in [6, 6.07) is 15.3. The van der Waals surface area contributed by atoms with Gasteiger partial charge in [-0.3, -0.25) is 14.4 Å². The second-order valence-electron chi connectivity index (χ2n) is 7.32. The van der Waals surface area contributed by atoms with E-state index in [9.17, 15) is 17.6 Å². The van der Waals surface area contributed by atoms with Crippen LogP contribution < -0.4 is 14.4 Å². The summed E-state index contributed by atoms with van der Waals surface area (Å²) in [5.74, 6) is -0.0941. The van der Waals surface area contributed by atoms with Gasteiger partial charge in [0.15, 0.2) is 5.82 Å². The minimum atomic E-state index is -3.97. The van der Waals surface area contributed by atoms with Crippen molar-refractivity contribution in [2.45, 2.75) is 18.2 Å². The van der Waals surface area contributed by atoms with Gasteiger partial charge in [-0.1, -0.05) is 30.3 Å². The molecule has 9 nitrogen and oxygen atoms in total. The quantitative estimate of drug-likeness (QED) is 0.374. The zero-order valence-corrected chi connectivity index (χ0v) is 19.6. The highest BCUT2D eigenvalue weighted by Crippen LogP contribution is 2.37. The number of hydrogen-bond donors (Lipinski definition) is 1. The smallest absolute Gasteiger partial charge is 0.264 e. The van der Waals surface area contributed by atoms with Gasteiger partial charge in [-0.05, 0) is 47.5 Å². The Labute approximate surface area is 201 Å². The zero-order valence-electron chi connectivity index (χ0n) is 18.8. The summed E-state index contributed by atoms with van der Waals surface area (Å²) in [4.78, 5) is 18.4. The number of amides is 1. The first-order chi connectivity index (χ1) is 16.8. The molecule has 2 heterocycles. The summed E-state index contributed by atoms with van der Waals surface area (Å²) in [6.07, 6.45) is 2.51. The lowest BCUT2D eigenvalue weighted by molar-refractivity contribution is -0.117. The third-order valence-electron chi connectivity index (χ3n) is 5.07. The molecule has 0 spiro atoms. The van der Waals surface area contributed by atoms with E-state index in [2.05, 4.69) is 19.4 Å². The van der Waals surface area contributed by atoms with Crippen molar-refractivity contribution in [1.82, 2.24) is 10.1 Å². The third-order valence-corrected chi connectivity index (χ3v) is 6.41. The molecule has 0 aliphatic heterocycles. The molecule has 1 amide bonds. The number of aromatic nitrogens is 2. The van der Waals surface area contributed by atoms with Crippen LogP contribution in [-0.4, -0.2) is 31.6 Å². The van der Waals surface area contributed by atoms with Crippen molar-refractivity contribution in [2.24, 2.45) is 0 Å². The average molecular weight is 497 g/mol. The number of anilines is 3. The van der Waals surface area contributed by atoms with Crippen molar-refractivity contribution >= 4 is 33.3 Å². The topological polar surface area (TPSA) is 115 Å².